The van der Waals surface area contributed by atoms with Gasteiger partial charge < -0.3 is 5.73 Å². The van der Waals surface area contributed by atoms with E-state index in [0.29, 0.717) is 5.92 Å². The number of rotatable bonds is 5. The summed E-state index contributed by atoms with van der Waals surface area (Å²) in [6, 6.07) is 2.49. The van der Waals surface area contributed by atoms with Gasteiger partial charge in [-0.25, -0.2) is 17.5 Å². The summed E-state index contributed by atoms with van der Waals surface area (Å²) in [6.07, 6.45) is 2.95. The molecule has 0 spiro atoms. The third-order valence-corrected chi connectivity index (χ3v) is 4.92. The van der Waals surface area contributed by atoms with E-state index >= 15 is 0 Å². The highest BCUT2D eigenvalue weighted by molar-refractivity contribution is 7.89. The highest BCUT2D eigenvalue weighted by atomic mass is 32.2. The summed E-state index contributed by atoms with van der Waals surface area (Å²) in [6.45, 7) is 3.58. The van der Waals surface area contributed by atoms with Crippen LogP contribution in [0.5, 0.6) is 0 Å². The standard InChI is InChI=1S/C13H19FN2O2S/c1-3-4-9-6-12(9)16-19(17,18)10-5-8(2)13(14)11(15)7-10/h5,7,9,12,16H,3-4,6,15H2,1-2H3. The Balaban J connectivity index is 2.17. The first-order valence-corrected chi connectivity index (χ1v) is 7.91. The van der Waals surface area contributed by atoms with E-state index in [9.17, 15) is 12.8 Å². The van der Waals surface area contributed by atoms with Crippen molar-refractivity contribution in [2.45, 2.75) is 44.0 Å². The number of nitrogens with two attached hydrogens (primary N) is 1. The quantitative estimate of drug-likeness (QED) is 0.815. The third kappa shape index (κ3) is 3.06. The Bertz CT molecular complexity index is 563. The van der Waals surface area contributed by atoms with Crippen molar-refractivity contribution in [2.24, 2.45) is 5.92 Å². The van der Waals surface area contributed by atoms with E-state index in [2.05, 4.69) is 11.6 Å². The molecule has 1 fully saturated rings. The maximum Gasteiger partial charge on any atom is 0.240 e. The fraction of sp³-hybridized carbons (Fsp3) is 0.538. The molecule has 2 atom stereocenters. The third-order valence-electron chi connectivity index (χ3n) is 3.46. The molecule has 0 heterocycles. The lowest BCUT2D eigenvalue weighted by atomic mass is 10.2. The van der Waals surface area contributed by atoms with Crippen LogP contribution in [0.25, 0.3) is 0 Å². The number of nitrogen functional groups attached to an aromatic ring is 1. The summed E-state index contributed by atoms with van der Waals surface area (Å²) in [5, 5.41) is 0. The topological polar surface area (TPSA) is 72.2 Å². The van der Waals surface area contributed by atoms with Crippen molar-refractivity contribution in [1.29, 1.82) is 0 Å². The highest BCUT2D eigenvalue weighted by Crippen LogP contribution is 2.36. The fourth-order valence-electron chi connectivity index (χ4n) is 2.27. The van der Waals surface area contributed by atoms with Crippen molar-refractivity contribution in [1.82, 2.24) is 4.72 Å². The van der Waals surface area contributed by atoms with E-state index in [1.54, 1.807) is 0 Å². The smallest absolute Gasteiger partial charge is 0.240 e. The molecule has 0 aromatic heterocycles. The van der Waals surface area contributed by atoms with Gasteiger partial charge in [0.05, 0.1) is 10.6 Å². The number of hydrogen-bond donors (Lipinski definition) is 2. The monoisotopic (exact) mass is 286 g/mol. The van der Waals surface area contributed by atoms with Crippen molar-refractivity contribution in [3.8, 4) is 0 Å². The molecule has 2 rings (SSSR count). The first-order valence-electron chi connectivity index (χ1n) is 6.43. The molecule has 1 aromatic carbocycles. The van der Waals surface area contributed by atoms with Gasteiger partial charge in [0.25, 0.3) is 0 Å². The van der Waals surface area contributed by atoms with E-state index in [1.807, 2.05) is 0 Å². The lowest BCUT2D eigenvalue weighted by molar-refractivity contribution is 0.572. The molecule has 4 nitrogen and oxygen atoms in total. The van der Waals surface area contributed by atoms with Gasteiger partial charge in [-0.1, -0.05) is 13.3 Å². The fourth-order valence-corrected chi connectivity index (χ4v) is 3.70. The predicted molar refractivity (Wildman–Crippen MR) is 72.7 cm³/mol. The molecule has 0 saturated heterocycles. The molecule has 1 aliphatic carbocycles. The van der Waals surface area contributed by atoms with Crippen LogP contribution in [-0.4, -0.2) is 14.5 Å². The second-order valence-corrected chi connectivity index (χ2v) is 6.87. The number of sulfonamides is 1. The van der Waals surface area contributed by atoms with Crippen LogP contribution in [0.1, 0.15) is 31.7 Å². The van der Waals surface area contributed by atoms with Crippen LogP contribution in [0.15, 0.2) is 17.0 Å². The molecule has 6 heteroatoms. The summed E-state index contributed by atoms with van der Waals surface area (Å²) >= 11 is 0. The Morgan fingerprint density at radius 2 is 2.16 bits per heavy atom. The van der Waals surface area contributed by atoms with E-state index in [4.69, 9.17) is 5.73 Å². The Morgan fingerprint density at radius 1 is 1.47 bits per heavy atom. The predicted octanol–water partition coefficient (Wildman–Crippen LogP) is 2.18. The summed E-state index contributed by atoms with van der Waals surface area (Å²) in [4.78, 5) is 0.0334. The molecule has 1 aliphatic rings. The molecule has 106 valence electrons. The average molecular weight is 286 g/mol. The van der Waals surface area contributed by atoms with Gasteiger partial charge in [0.2, 0.25) is 10.0 Å². The number of anilines is 1. The van der Waals surface area contributed by atoms with E-state index in [0.717, 1.165) is 19.3 Å². The maximum atomic E-state index is 13.4. The van der Waals surface area contributed by atoms with Crippen LogP contribution in [0.4, 0.5) is 10.1 Å². The average Bonchev–Trinajstić information content (AvgIpc) is 3.03. The normalized spacial score (nSPS) is 22.5. The lowest BCUT2D eigenvalue weighted by Crippen LogP contribution is -2.27. The molecule has 0 amide bonds. The van der Waals surface area contributed by atoms with Gasteiger partial charge in [-0.2, -0.15) is 0 Å². The SMILES string of the molecule is CCCC1CC1NS(=O)(=O)c1cc(C)c(F)c(N)c1. The van der Waals surface area contributed by atoms with Crippen molar-refractivity contribution in [3.05, 3.63) is 23.5 Å². The molecule has 1 saturated carbocycles. The number of halogens is 1. The molecule has 1 aromatic rings. The minimum atomic E-state index is -3.61. The lowest BCUT2D eigenvalue weighted by Gasteiger charge is -2.09. The molecular weight excluding hydrogens is 267 g/mol. The largest absolute Gasteiger partial charge is 0.396 e. The van der Waals surface area contributed by atoms with Crippen LogP contribution in [0.3, 0.4) is 0 Å². The Kier molecular flexibility index (Phi) is 3.82. The second kappa shape index (κ2) is 5.09. The van der Waals surface area contributed by atoms with Crippen LogP contribution in [-0.2, 0) is 10.0 Å². The highest BCUT2D eigenvalue weighted by Gasteiger charge is 2.39. The van der Waals surface area contributed by atoms with Crippen molar-refractivity contribution >= 4 is 15.7 Å². The zero-order chi connectivity index (χ0) is 14.2. The molecule has 2 unspecified atom stereocenters. The van der Waals surface area contributed by atoms with Gasteiger partial charge in [0.1, 0.15) is 5.82 Å². The van der Waals surface area contributed by atoms with Gasteiger partial charge in [-0.15, -0.1) is 0 Å². The summed E-state index contributed by atoms with van der Waals surface area (Å²) < 4.78 is 40.4. The van der Waals surface area contributed by atoms with Crippen molar-refractivity contribution in [3.63, 3.8) is 0 Å². The van der Waals surface area contributed by atoms with Gasteiger partial charge >= 0.3 is 0 Å². The van der Waals surface area contributed by atoms with Gasteiger partial charge in [0.15, 0.2) is 0 Å². The minimum absolute atomic E-state index is 0.0107. The number of nitrogens with one attached hydrogen (secondary N) is 1. The first kappa shape index (κ1) is 14.3. The van der Waals surface area contributed by atoms with Crippen LogP contribution >= 0.6 is 0 Å². The molecule has 0 radical (unpaired) electrons. The molecule has 0 aliphatic heterocycles. The van der Waals surface area contributed by atoms with Gasteiger partial charge in [-0.05, 0) is 43.4 Å². The molecule has 0 bridgehead atoms. The molecule has 19 heavy (non-hydrogen) atoms. The molecule has 3 N–H and O–H groups in total. The first-order chi connectivity index (χ1) is 8.85. The summed E-state index contributed by atoms with van der Waals surface area (Å²) in [7, 11) is -3.61. The van der Waals surface area contributed by atoms with E-state index in [1.165, 1.54) is 19.1 Å². The van der Waals surface area contributed by atoms with Crippen LogP contribution in [0.2, 0.25) is 0 Å². The van der Waals surface area contributed by atoms with E-state index in [-0.39, 0.29) is 22.2 Å². The summed E-state index contributed by atoms with van der Waals surface area (Å²) in [5.74, 6) is -0.132. The number of benzene rings is 1. The van der Waals surface area contributed by atoms with Gasteiger partial charge in [-0.3, -0.25) is 0 Å². The molecular formula is C13H19FN2O2S. The summed E-state index contributed by atoms with van der Waals surface area (Å²) in [5.41, 5.74) is 5.57. The van der Waals surface area contributed by atoms with Crippen LogP contribution in [0, 0.1) is 18.7 Å². The minimum Gasteiger partial charge on any atom is -0.396 e. The Hall–Kier alpha value is -1.14. The Morgan fingerprint density at radius 3 is 2.74 bits per heavy atom. The van der Waals surface area contributed by atoms with Crippen molar-refractivity contribution < 1.29 is 12.8 Å². The van der Waals surface area contributed by atoms with E-state index < -0.39 is 15.8 Å². The maximum absolute atomic E-state index is 13.4. The van der Waals surface area contributed by atoms with Crippen molar-refractivity contribution in [2.75, 3.05) is 5.73 Å². The van der Waals surface area contributed by atoms with Gasteiger partial charge in [0, 0.05) is 6.04 Å². The zero-order valence-electron chi connectivity index (χ0n) is 11.1. The number of hydrogen-bond acceptors (Lipinski definition) is 3. The number of aryl methyl sites for hydroxylation is 1. The van der Waals surface area contributed by atoms with Crippen LogP contribution < -0.4 is 10.5 Å². The Labute approximate surface area is 113 Å². The second-order valence-electron chi connectivity index (χ2n) is 5.16. The zero-order valence-corrected chi connectivity index (χ0v) is 11.9.